The van der Waals surface area contributed by atoms with Gasteiger partial charge in [0.25, 0.3) is 0 Å². The van der Waals surface area contributed by atoms with Gasteiger partial charge in [-0.1, -0.05) is 44.2 Å². The molecule has 1 heteroatoms. The van der Waals surface area contributed by atoms with Crippen LogP contribution in [0.2, 0.25) is 0 Å². The molecule has 0 saturated carbocycles. The molecule has 1 nitrogen and oxygen atoms in total. The first-order valence-electron chi connectivity index (χ1n) is 6.22. The van der Waals surface area contributed by atoms with Crippen LogP contribution < -0.4 is 0 Å². The first-order chi connectivity index (χ1) is 7.72. The SMILES string of the molecule is CC/C(C)=C(/c1ccccc1)N1CC(C)C1. The van der Waals surface area contributed by atoms with Crippen molar-refractivity contribution in [2.45, 2.75) is 27.2 Å². The Labute approximate surface area is 98.8 Å². The molecule has 2 rings (SSSR count). The number of benzene rings is 1. The second-order valence-corrected chi connectivity index (χ2v) is 4.86. The second-order valence-electron chi connectivity index (χ2n) is 4.86. The van der Waals surface area contributed by atoms with Gasteiger partial charge in [-0.25, -0.2) is 0 Å². The lowest BCUT2D eigenvalue weighted by molar-refractivity contribution is 0.190. The number of nitrogens with zero attached hydrogens (tertiary/aromatic N) is 1. The molecule has 86 valence electrons. The predicted molar refractivity (Wildman–Crippen MR) is 70.1 cm³/mol. The molecule has 16 heavy (non-hydrogen) atoms. The second kappa shape index (κ2) is 4.73. The first kappa shape index (κ1) is 11.3. The van der Waals surface area contributed by atoms with Crippen LogP contribution in [0.4, 0.5) is 0 Å². The molecule has 1 saturated heterocycles. The molecular formula is C15H21N. The Balaban J connectivity index is 2.30. The van der Waals surface area contributed by atoms with Crippen molar-refractivity contribution in [2.75, 3.05) is 13.1 Å². The monoisotopic (exact) mass is 215 g/mol. The standard InChI is InChI=1S/C15H21N/c1-4-13(3)15(16-10-12(2)11-16)14-8-6-5-7-9-14/h5-9,12H,4,10-11H2,1-3H3/b15-13-. The van der Waals surface area contributed by atoms with E-state index in [1.165, 1.54) is 29.9 Å². The number of rotatable bonds is 3. The quantitative estimate of drug-likeness (QED) is 0.741. The highest BCUT2D eigenvalue weighted by molar-refractivity contribution is 5.67. The summed E-state index contributed by atoms with van der Waals surface area (Å²) < 4.78 is 0. The number of likely N-dealkylation sites (tertiary alicyclic amines) is 1. The van der Waals surface area contributed by atoms with Gasteiger partial charge in [-0.05, 0) is 30.4 Å². The van der Waals surface area contributed by atoms with E-state index in [0.717, 1.165) is 12.3 Å². The molecule has 1 aromatic carbocycles. The van der Waals surface area contributed by atoms with E-state index in [1.54, 1.807) is 0 Å². The molecule has 0 aliphatic carbocycles. The summed E-state index contributed by atoms with van der Waals surface area (Å²) in [6.07, 6.45) is 1.13. The third-order valence-corrected chi connectivity index (χ3v) is 3.36. The van der Waals surface area contributed by atoms with Crippen LogP contribution in [0, 0.1) is 5.92 Å². The smallest absolute Gasteiger partial charge is 0.0428 e. The van der Waals surface area contributed by atoms with E-state index in [2.05, 4.69) is 56.0 Å². The molecule has 0 aromatic heterocycles. The van der Waals surface area contributed by atoms with Gasteiger partial charge in [0.2, 0.25) is 0 Å². The molecule has 0 N–H and O–H groups in total. The molecule has 1 fully saturated rings. The molecule has 1 aromatic rings. The van der Waals surface area contributed by atoms with Crippen molar-refractivity contribution in [2.24, 2.45) is 5.92 Å². The van der Waals surface area contributed by atoms with Crippen molar-refractivity contribution >= 4 is 5.70 Å². The third-order valence-electron chi connectivity index (χ3n) is 3.36. The van der Waals surface area contributed by atoms with Gasteiger partial charge >= 0.3 is 0 Å². The van der Waals surface area contributed by atoms with Crippen LogP contribution in [0.3, 0.4) is 0 Å². The topological polar surface area (TPSA) is 3.24 Å². The van der Waals surface area contributed by atoms with Crippen molar-refractivity contribution in [3.63, 3.8) is 0 Å². The molecule has 1 aliphatic rings. The van der Waals surface area contributed by atoms with Gasteiger partial charge in [0, 0.05) is 18.8 Å². The Kier molecular flexibility index (Phi) is 3.33. The summed E-state index contributed by atoms with van der Waals surface area (Å²) in [7, 11) is 0. The summed E-state index contributed by atoms with van der Waals surface area (Å²) >= 11 is 0. The lowest BCUT2D eigenvalue weighted by Crippen LogP contribution is -2.43. The zero-order valence-electron chi connectivity index (χ0n) is 10.5. The van der Waals surface area contributed by atoms with Gasteiger partial charge in [-0.15, -0.1) is 0 Å². The maximum atomic E-state index is 2.51. The van der Waals surface area contributed by atoms with Gasteiger partial charge in [-0.2, -0.15) is 0 Å². The highest BCUT2D eigenvalue weighted by Gasteiger charge is 2.25. The summed E-state index contributed by atoms with van der Waals surface area (Å²) in [5, 5.41) is 0. The minimum atomic E-state index is 0.850. The molecule has 0 unspecified atom stereocenters. The summed E-state index contributed by atoms with van der Waals surface area (Å²) in [5.41, 5.74) is 4.33. The van der Waals surface area contributed by atoms with Gasteiger partial charge in [-0.3, -0.25) is 0 Å². The minimum Gasteiger partial charge on any atom is -0.370 e. The van der Waals surface area contributed by atoms with Crippen LogP contribution in [0.15, 0.2) is 35.9 Å². The molecule has 0 atom stereocenters. The minimum absolute atomic E-state index is 0.850. The molecule has 0 amide bonds. The molecule has 0 radical (unpaired) electrons. The van der Waals surface area contributed by atoms with Crippen LogP contribution in [0.5, 0.6) is 0 Å². The number of allylic oxidation sites excluding steroid dienone is 1. The average molecular weight is 215 g/mol. The lowest BCUT2D eigenvalue weighted by Gasteiger charge is -2.42. The maximum Gasteiger partial charge on any atom is 0.0428 e. The molecule has 1 aliphatic heterocycles. The fraction of sp³-hybridized carbons (Fsp3) is 0.467. The Morgan fingerprint density at radius 1 is 1.25 bits per heavy atom. The largest absolute Gasteiger partial charge is 0.370 e. The predicted octanol–water partition coefficient (Wildman–Crippen LogP) is 3.78. The van der Waals surface area contributed by atoms with Crippen LogP contribution in [-0.4, -0.2) is 18.0 Å². The van der Waals surface area contributed by atoms with Crippen LogP contribution in [0.1, 0.15) is 32.8 Å². The molecule has 0 bridgehead atoms. The van der Waals surface area contributed by atoms with E-state index in [0.29, 0.717) is 0 Å². The summed E-state index contributed by atoms with van der Waals surface area (Å²) in [4.78, 5) is 2.51. The summed E-state index contributed by atoms with van der Waals surface area (Å²) in [6.45, 7) is 9.23. The maximum absolute atomic E-state index is 2.51. The Hall–Kier alpha value is -1.24. The number of hydrogen-bond acceptors (Lipinski definition) is 1. The molecular weight excluding hydrogens is 194 g/mol. The Morgan fingerprint density at radius 2 is 1.88 bits per heavy atom. The van der Waals surface area contributed by atoms with Crippen LogP contribution in [0.25, 0.3) is 5.70 Å². The van der Waals surface area contributed by atoms with Gasteiger partial charge in [0.1, 0.15) is 0 Å². The van der Waals surface area contributed by atoms with E-state index < -0.39 is 0 Å². The zero-order chi connectivity index (χ0) is 11.5. The summed E-state index contributed by atoms with van der Waals surface area (Å²) in [6, 6.07) is 10.8. The molecule has 1 heterocycles. The lowest BCUT2D eigenvalue weighted by atomic mass is 9.96. The highest BCUT2D eigenvalue weighted by atomic mass is 15.2. The third kappa shape index (κ3) is 2.13. The van der Waals surface area contributed by atoms with Crippen molar-refractivity contribution in [3.05, 3.63) is 41.5 Å². The van der Waals surface area contributed by atoms with Gasteiger partial charge in [0.05, 0.1) is 0 Å². The first-order valence-corrected chi connectivity index (χ1v) is 6.22. The van der Waals surface area contributed by atoms with Crippen molar-refractivity contribution in [1.82, 2.24) is 4.90 Å². The van der Waals surface area contributed by atoms with Crippen LogP contribution in [-0.2, 0) is 0 Å². The van der Waals surface area contributed by atoms with E-state index in [4.69, 9.17) is 0 Å². The van der Waals surface area contributed by atoms with E-state index in [-0.39, 0.29) is 0 Å². The fourth-order valence-corrected chi connectivity index (χ4v) is 2.34. The molecule has 0 spiro atoms. The van der Waals surface area contributed by atoms with Gasteiger partial charge in [0.15, 0.2) is 0 Å². The average Bonchev–Trinajstić information content (AvgIpc) is 2.28. The van der Waals surface area contributed by atoms with E-state index in [9.17, 15) is 0 Å². The summed E-state index contributed by atoms with van der Waals surface area (Å²) in [5.74, 6) is 0.850. The van der Waals surface area contributed by atoms with Gasteiger partial charge < -0.3 is 4.90 Å². The van der Waals surface area contributed by atoms with Crippen molar-refractivity contribution in [1.29, 1.82) is 0 Å². The van der Waals surface area contributed by atoms with Crippen LogP contribution >= 0.6 is 0 Å². The Bertz CT molecular complexity index is 372. The van der Waals surface area contributed by atoms with E-state index in [1.807, 2.05) is 0 Å². The number of hydrogen-bond donors (Lipinski definition) is 0. The highest BCUT2D eigenvalue weighted by Crippen LogP contribution is 2.30. The fourth-order valence-electron chi connectivity index (χ4n) is 2.34. The zero-order valence-corrected chi connectivity index (χ0v) is 10.5. The van der Waals surface area contributed by atoms with E-state index >= 15 is 0 Å². The van der Waals surface area contributed by atoms with Crippen molar-refractivity contribution < 1.29 is 0 Å². The van der Waals surface area contributed by atoms with Crippen molar-refractivity contribution in [3.8, 4) is 0 Å². The normalized spacial score (nSPS) is 18.1. The Morgan fingerprint density at radius 3 is 2.38 bits per heavy atom.